The molecule has 0 radical (unpaired) electrons. The Morgan fingerprint density at radius 3 is 2.54 bits per heavy atom. The Bertz CT molecular complexity index is 855. The van der Waals surface area contributed by atoms with Crippen LogP contribution in [0, 0.1) is 5.92 Å². The zero-order valence-electron chi connectivity index (χ0n) is 16.3. The van der Waals surface area contributed by atoms with Crippen molar-refractivity contribution in [2.45, 2.75) is 32.2 Å². The summed E-state index contributed by atoms with van der Waals surface area (Å²) in [6.07, 6.45) is 8.44. The van der Waals surface area contributed by atoms with Gasteiger partial charge in [0.1, 0.15) is 0 Å². The summed E-state index contributed by atoms with van der Waals surface area (Å²) in [5.74, 6) is 0.424. The van der Waals surface area contributed by atoms with E-state index in [2.05, 4.69) is 10.4 Å². The number of hydrogen-bond acceptors (Lipinski definition) is 4. The number of aryl methyl sites for hydroxylation is 1. The van der Waals surface area contributed by atoms with Crippen molar-refractivity contribution >= 4 is 15.9 Å². The van der Waals surface area contributed by atoms with Crippen LogP contribution in [0.25, 0.3) is 0 Å². The first-order valence-electron chi connectivity index (χ1n) is 9.71. The van der Waals surface area contributed by atoms with E-state index in [1.54, 1.807) is 10.5 Å². The topological polar surface area (TPSA) is 84.3 Å². The van der Waals surface area contributed by atoms with Gasteiger partial charge in [0.2, 0.25) is 10.0 Å². The second-order valence-corrected chi connectivity index (χ2v) is 9.37. The third-order valence-electron chi connectivity index (χ3n) is 5.19. The molecule has 8 heteroatoms. The fourth-order valence-electron chi connectivity index (χ4n) is 3.55. The second kappa shape index (κ2) is 9.34. The number of carbonyl (C=O) groups is 1. The Morgan fingerprint density at radius 2 is 1.93 bits per heavy atom. The monoisotopic (exact) mass is 404 g/mol. The zero-order chi connectivity index (χ0) is 20.0. The molecule has 0 spiro atoms. The summed E-state index contributed by atoms with van der Waals surface area (Å²) in [5.41, 5.74) is 1.85. The van der Waals surface area contributed by atoms with Gasteiger partial charge < -0.3 is 5.32 Å². The molecule has 1 aliphatic heterocycles. The van der Waals surface area contributed by atoms with Crippen LogP contribution < -0.4 is 5.32 Å². The summed E-state index contributed by atoms with van der Waals surface area (Å²) in [7, 11) is -3.08. The summed E-state index contributed by atoms with van der Waals surface area (Å²) in [6, 6.07) is 9.62. The molecule has 3 rings (SSSR count). The minimum Gasteiger partial charge on any atom is -0.352 e. The summed E-state index contributed by atoms with van der Waals surface area (Å²) in [6.45, 7) is 2.59. The van der Waals surface area contributed by atoms with Crippen LogP contribution in [0.1, 0.15) is 35.2 Å². The number of nitrogens with one attached hydrogen (secondary N) is 1. The van der Waals surface area contributed by atoms with Crippen molar-refractivity contribution in [3.8, 4) is 0 Å². The molecule has 28 heavy (non-hydrogen) atoms. The van der Waals surface area contributed by atoms with Gasteiger partial charge in [-0.15, -0.1) is 0 Å². The lowest BCUT2D eigenvalue weighted by atomic mass is 9.91. The van der Waals surface area contributed by atoms with E-state index >= 15 is 0 Å². The highest BCUT2D eigenvalue weighted by molar-refractivity contribution is 7.88. The number of amides is 1. The molecule has 7 nitrogen and oxygen atoms in total. The van der Waals surface area contributed by atoms with Crippen molar-refractivity contribution in [1.82, 2.24) is 19.4 Å². The van der Waals surface area contributed by atoms with Crippen molar-refractivity contribution in [3.05, 3.63) is 53.9 Å². The Morgan fingerprint density at radius 1 is 1.21 bits per heavy atom. The van der Waals surface area contributed by atoms with E-state index < -0.39 is 10.0 Å². The lowest BCUT2D eigenvalue weighted by Crippen LogP contribution is -2.38. The average molecular weight is 405 g/mol. The third kappa shape index (κ3) is 5.90. The van der Waals surface area contributed by atoms with E-state index in [0.29, 0.717) is 31.1 Å². The molecule has 0 bridgehead atoms. The van der Waals surface area contributed by atoms with Gasteiger partial charge in [0.05, 0.1) is 6.26 Å². The minimum absolute atomic E-state index is 0.0616. The van der Waals surface area contributed by atoms with Gasteiger partial charge in [0.25, 0.3) is 5.91 Å². The number of piperidine rings is 1. The molecule has 152 valence electrons. The molecular weight excluding hydrogens is 376 g/mol. The van der Waals surface area contributed by atoms with Gasteiger partial charge in [0, 0.05) is 44.1 Å². The van der Waals surface area contributed by atoms with Crippen molar-refractivity contribution in [2.24, 2.45) is 5.92 Å². The van der Waals surface area contributed by atoms with Gasteiger partial charge in [-0.05, 0) is 55.4 Å². The average Bonchev–Trinajstić information content (AvgIpc) is 3.19. The van der Waals surface area contributed by atoms with Gasteiger partial charge in [-0.2, -0.15) is 5.10 Å². The maximum Gasteiger partial charge on any atom is 0.251 e. The molecule has 1 amide bonds. The number of nitrogens with zero attached hydrogens (tertiary/aromatic N) is 3. The molecule has 1 saturated heterocycles. The van der Waals surface area contributed by atoms with Gasteiger partial charge in [-0.25, -0.2) is 12.7 Å². The minimum atomic E-state index is -3.08. The molecule has 1 aliphatic rings. The Kier molecular flexibility index (Phi) is 6.85. The highest BCUT2D eigenvalue weighted by atomic mass is 32.2. The first kappa shape index (κ1) is 20.5. The zero-order valence-corrected chi connectivity index (χ0v) is 17.1. The van der Waals surface area contributed by atoms with E-state index in [1.807, 2.05) is 41.2 Å². The first-order valence-corrected chi connectivity index (χ1v) is 11.6. The van der Waals surface area contributed by atoms with E-state index in [0.717, 1.165) is 32.2 Å². The Labute approximate surface area is 166 Å². The maximum absolute atomic E-state index is 12.2. The van der Waals surface area contributed by atoms with Crippen molar-refractivity contribution < 1.29 is 13.2 Å². The summed E-state index contributed by atoms with van der Waals surface area (Å²) < 4.78 is 26.6. The van der Waals surface area contributed by atoms with Gasteiger partial charge in [-0.3, -0.25) is 9.48 Å². The van der Waals surface area contributed by atoms with Crippen LogP contribution in [0.4, 0.5) is 0 Å². The Hall–Kier alpha value is -2.19. The molecule has 1 aromatic heterocycles. The third-order valence-corrected chi connectivity index (χ3v) is 6.49. The largest absolute Gasteiger partial charge is 0.352 e. The summed E-state index contributed by atoms with van der Waals surface area (Å²) in [4.78, 5) is 12.2. The van der Waals surface area contributed by atoms with E-state index in [4.69, 9.17) is 0 Å². The fourth-order valence-corrected chi connectivity index (χ4v) is 4.42. The maximum atomic E-state index is 12.2. The molecular formula is C20H28N4O3S. The fraction of sp³-hybridized carbons (Fsp3) is 0.500. The van der Waals surface area contributed by atoms with Crippen LogP contribution in [0.3, 0.4) is 0 Å². The standard InChI is InChI=1S/C20H28N4O3S/c1-28(26,27)24-14-8-18(9-15-24)16-17-4-6-19(7-5-17)20(25)21-10-2-12-23-13-3-11-22-23/h3-7,11,13,18H,2,8-10,12,14-16H2,1H3,(H,21,25). The number of benzene rings is 1. The van der Waals surface area contributed by atoms with Crippen LogP contribution >= 0.6 is 0 Å². The van der Waals surface area contributed by atoms with E-state index in [-0.39, 0.29) is 5.91 Å². The number of hydrogen-bond donors (Lipinski definition) is 1. The molecule has 1 aromatic carbocycles. The lowest BCUT2D eigenvalue weighted by molar-refractivity contribution is 0.0952. The number of aromatic nitrogens is 2. The van der Waals surface area contributed by atoms with Gasteiger partial charge in [0.15, 0.2) is 0 Å². The van der Waals surface area contributed by atoms with Crippen molar-refractivity contribution in [3.63, 3.8) is 0 Å². The first-order chi connectivity index (χ1) is 13.4. The van der Waals surface area contributed by atoms with E-state index in [9.17, 15) is 13.2 Å². The highest BCUT2D eigenvalue weighted by Gasteiger charge is 2.24. The number of sulfonamides is 1. The van der Waals surface area contributed by atoms with Crippen LogP contribution in [-0.2, 0) is 23.0 Å². The second-order valence-electron chi connectivity index (χ2n) is 7.39. The van der Waals surface area contributed by atoms with Crippen LogP contribution in [0.2, 0.25) is 0 Å². The quantitative estimate of drug-likeness (QED) is 0.681. The van der Waals surface area contributed by atoms with Gasteiger partial charge >= 0.3 is 0 Å². The van der Waals surface area contributed by atoms with Crippen molar-refractivity contribution in [2.75, 3.05) is 25.9 Å². The lowest BCUT2D eigenvalue weighted by Gasteiger charge is -2.30. The SMILES string of the molecule is CS(=O)(=O)N1CCC(Cc2ccc(C(=O)NCCCn3cccn3)cc2)CC1. The van der Waals surface area contributed by atoms with E-state index in [1.165, 1.54) is 11.8 Å². The molecule has 2 heterocycles. The smallest absolute Gasteiger partial charge is 0.251 e. The molecule has 0 saturated carbocycles. The summed E-state index contributed by atoms with van der Waals surface area (Å²) in [5, 5.41) is 7.07. The number of rotatable bonds is 8. The van der Waals surface area contributed by atoms with Crippen LogP contribution in [0.15, 0.2) is 42.7 Å². The van der Waals surface area contributed by atoms with Gasteiger partial charge in [-0.1, -0.05) is 12.1 Å². The van der Waals surface area contributed by atoms with Crippen molar-refractivity contribution in [1.29, 1.82) is 0 Å². The molecule has 2 aromatic rings. The molecule has 0 aliphatic carbocycles. The molecule has 1 N–H and O–H groups in total. The molecule has 1 fully saturated rings. The number of carbonyl (C=O) groups excluding carboxylic acids is 1. The van der Waals surface area contributed by atoms with Crippen LogP contribution in [0.5, 0.6) is 0 Å². The normalized spacial score (nSPS) is 16.2. The Balaban J connectivity index is 1.41. The summed E-state index contributed by atoms with van der Waals surface area (Å²) >= 11 is 0. The van der Waals surface area contributed by atoms with Crippen LogP contribution in [-0.4, -0.2) is 54.3 Å². The molecule has 0 atom stereocenters. The predicted molar refractivity (Wildman–Crippen MR) is 108 cm³/mol. The predicted octanol–water partition coefficient (Wildman–Crippen LogP) is 1.92. The molecule has 0 unspecified atom stereocenters. The highest BCUT2D eigenvalue weighted by Crippen LogP contribution is 2.23.